The van der Waals surface area contributed by atoms with E-state index >= 15 is 0 Å². The van der Waals surface area contributed by atoms with Gasteiger partial charge in [0.15, 0.2) is 0 Å². The van der Waals surface area contributed by atoms with Crippen molar-refractivity contribution in [3.8, 4) is 0 Å². The van der Waals surface area contributed by atoms with Crippen molar-refractivity contribution in [1.82, 2.24) is 0 Å². The molecule has 0 bridgehead atoms. The molecular weight excluding hydrogens is 188 g/mol. The minimum atomic E-state index is 0.602. The summed E-state index contributed by atoms with van der Waals surface area (Å²) in [5.41, 5.74) is 0. The summed E-state index contributed by atoms with van der Waals surface area (Å²) in [7, 11) is 0. The Bertz CT molecular complexity index is 177. The maximum absolute atomic E-state index is 3.66. The van der Waals surface area contributed by atoms with Gasteiger partial charge in [0.05, 0.1) is 0 Å². The van der Waals surface area contributed by atoms with E-state index in [2.05, 4.69) is 40.2 Å². The van der Waals surface area contributed by atoms with Crippen LogP contribution in [0, 0.1) is 11.8 Å². The average Bonchev–Trinajstić information content (AvgIpc) is 2.71. The van der Waals surface area contributed by atoms with Crippen molar-refractivity contribution in [1.29, 1.82) is 0 Å². The van der Waals surface area contributed by atoms with Crippen LogP contribution in [0.3, 0.4) is 0 Å². The van der Waals surface area contributed by atoms with E-state index in [1.54, 1.807) is 0 Å². The molecule has 0 aliphatic heterocycles. The standard InChI is InChI=1S/C9H11Br/c10-9-4-2-1-3-8(9)7-5-6-7/h1-4,7-9H,5-6H2. The van der Waals surface area contributed by atoms with Crippen LogP contribution in [0.25, 0.3) is 0 Å². The summed E-state index contributed by atoms with van der Waals surface area (Å²) in [6, 6.07) is 0. The second kappa shape index (κ2) is 2.54. The first kappa shape index (κ1) is 6.66. The SMILES string of the molecule is BrC1C=CC=CC1C1CC1. The number of allylic oxidation sites excluding steroid dienone is 4. The zero-order valence-electron chi connectivity index (χ0n) is 5.83. The third kappa shape index (κ3) is 1.20. The molecule has 2 aliphatic rings. The Morgan fingerprint density at radius 1 is 1.10 bits per heavy atom. The molecule has 1 saturated carbocycles. The van der Waals surface area contributed by atoms with Gasteiger partial charge in [0.25, 0.3) is 0 Å². The zero-order valence-corrected chi connectivity index (χ0v) is 7.42. The monoisotopic (exact) mass is 198 g/mol. The highest BCUT2D eigenvalue weighted by Crippen LogP contribution is 2.42. The maximum atomic E-state index is 3.66. The number of alkyl halides is 1. The van der Waals surface area contributed by atoms with E-state index in [0.717, 1.165) is 11.8 Å². The topological polar surface area (TPSA) is 0 Å². The van der Waals surface area contributed by atoms with Gasteiger partial charge >= 0.3 is 0 Å². The summed E-state index contributed by atoms with van der Waals surface area (Å²) >= 11 is 3.66. The molecule has 0 aromatic rings. The number of halogens is 1. The van der Waals surface area contributed by atoms with Crippen LogP contribution in [-0.2, 0) is 0 Å². The van der Waals surface area contributed by atoms with Gasteiger partial charge in [-0.15, -0.1) is 0 Å². The summed E-state index contributed by atoms with van der Waals surface area (Å²) in [5.74, 6) is 1.76. The molecule has 1 fully saturated rings. The van der Waals surface area contributed by atoms with Crippen LogP contribution in [0.2, 0.25) is 0 Å². The van der Waals surface area contributed by atoms with Crippen LogP contribution < -0.4 is 0 Å². The molecule has 0 aromatic carbocycles. The number of hydrogen-bond acceptors (Lipinski definition) is 0. The molecular formula is C9H11Br. The fourth-order valence-electron chi connectivity index (χ4n) is 1.50. The molecule has 2 unspecified atom stereocenters. The minimum absolute atomic E-state index is 0.602. The van der Waals surface area contributed by atoms with Crippen LogP contribution in [0.15, 0.2) is 24.3 Å². The average molecular weight is 199 g/mol. The Labute approximate surface area is 70.1 Å². The van der Waals surface area contributed by atoms with E-state index in [4.69, 9.17) is 0 Å². The van der Waals surface area contributed by atoms with Gasteiger partial charge in [-0.3, -0.25) is 0 Å². The Kier molecular flexibility index (Phi) is 1.69. The Hall–Kier alpha value is -0.0400. The molecule has 2 rings (SSSR count). The largest absolute Gasteiger partial charge is 0.0839 e. The van der Waals surface area contributed by atoms with Gasteiger partial charge in [-0.05, 0) is 24.7 Å². The van der Waals surface area contributed by atoms with E-state index < -0.39 is 0 Å². The number of hydrogen-bond donors (Lipinski definition) is 0. The summed E-state index contributed by atoms with van der Waals surface area (Å²) in [5, 5.41) is 0. The quantitative estimate of drug-likeness (QED) is 0.569. The van der Waals surface area contributed by atoms with Crippen molar-refractivity contribution in [2.75, 3.05) is 0 Å². The van der Waals surface area contributed by atoms with Crippen molar-refractivity contribution < 1.29 is 0 Å². The highest BCUT2D eigenvalue weighted by Gasteiger charge is 2.33. The second-order valence-electron chi connectivity index (χ2n) is 3.13. The smallest absolute Gasteiger partial charge is 0.0393 e. The molecule has 0 nitrogen and oxygen atoms in total. The first-order chi connectivity index (χ1) is 4.88. The van der Waals surface area contributed by atoms with E-state index in [-0.39, 0.29) is 0 Å². The van der Waals surface area contributed by atoms with Crippen LogP contribution in [0.5, 0.6) is 0 Å². The Morgan fingerprint density at radius 2 is 1.80 bits per heavy atom. The van der Waals surface area contributed by atoms with Crippen LogP contribution in [-0.4, -0.2) is 4.83 Å². The van der Waals surface area contributed by atoms with E-state index in [1.807, 2.05) is 0 Å². The fraction of sp³-hybridized carbons (Fsp3) is 0.556. The third-order valence-electron chi connectivity index (χ3n) is 2.27. The summed E-state index contributed by atoms with van der Waals surface area (Å²) in [6.07, 6.45) is 11.7. The van der Waals surface area contributed by atoms with Gasteiger partial charge in [-0.1, -0.05) is 40.2 Å². The predicted molar refractivity (Wildman–Crippen MR) is 47.2 cm³/mol. The first-order valence-electron chi connectivity index (χ1n) is 3.87. The Balaban J connectivity index is 2.06. The third-order valence-corrected chi connectivity index (χ3v) is 3.19. The first-order valence-corrected chi connectivity index (χ1v) is 4.78. The van der Waals surface area contributed by atoms with Crippen molar-refractivity contribution in [2.24, 2.45) is 11.8 Å². The molecule has 0 saturated heterocycles. The normalized spacial score (nSPS) is 38.5. The molecule has 1 heteroatoms. The second-order valence-corrected chi connectivity index (χ2v) is 4.19. The van der Waals surface area contributed by atoms with Crippen LogP contribution >= 0.6 is 15.9 Å². The number of rotatable bonds is 1. The van der Waals surface area contributed by atoms with Crippen molar-refractivity contribution in [3.63, 3.8) is 0 Å². The van der Waals surface area contributed by atoms with Crippen molar-refractivity contribution in [2.45, 2.75) is 17.7 Å². The van der Waals surface area contributed by atoms with E-state index in [9.17, 15) is 0 Å². The Morgan fingerprint density at radius 3 is 2.40 bits per heavy atom. The van der Waals surface area contributed by atoms with E-state index in [0.29, 0.717) is 4.83 Å². The predicted octanol–water partition coefficient (Wildman–Crippen LogP) is 2.90. The zero-order chi connectivity index (χ0) is 6.97. The van der Waals surface area contributed by atoms with Gasteiger partial charge in [0.2, 0.25) is 0 Å². The van der Waals surface area contributed by atoms with Crippen molar-refractivity contribution in [3.05, 3.63) is 24.3 Å². The molecule has 0 amide bonds. The molecule has 0 N–H and O–H groups in total. The molecule has 54 valence electrons. The van der Waals surface area contributed by atoms with Gasteiger partial charge in [0, 0.05) is 4.83 Å². The summed E-state index contributed by atoms with van der Waals surface area (Å²) < 4.78 is 0. The fourth-order valence-corrected chi connectivity index (χ4v) is 2.28. The molecule has 10 heavy (non-hydrogen) atoms. The lowest BCUT2D eigenvalue weighted by Crippen LogP contribution is -2.13. The molecule has 0 aromatic heterocycles. The van der Waals surface area contributed by atoms with E-state index in [1.165, 1.54) is 12.8 Å². The lowest BCUT2D eigenvalue weighted by Gasteiger charge is -2.17. The van der Waals surface area contributed by atoms with Gasteiger partial charge in [-0.2, -0.15) is 0 Å². The van der Waals surface area contributed by atoms with Gasteiger partial charge in [-0.25, -0.2) is 0 Å². The molecule has 0 radical (unpaired) electrons. The maximum Gasteiger partial charge on any atom is 0.0393 e. The summed E-state index contributed by atoms with van der Waals surface area (Å²) in [4.78, 5) is 0.602. The molecule has 2 aliphatic carbocycles. The van der Waals surface area contributed by atoms with Crippen molar-refractivity contribution >= 4 is 15.9 Å². The van der Waals surface area contributed by atoms with Crippen LogP contribution in [0.1, 0.15) is 12.8 Å². The highest BCUT2D eigenvalue weighted by molar-refractivity contribution is 9.09. The van der Waals surface area contributed by atoms with Gasteiger partial charge < -0.3 is 0 Å². The lowest BCUT2D eigenvalue weighted by molar-refractivity contribution is 0.590. The lowest BCUT2D eigenvalue weighted by atomic mass is 9.96. The van der Waals surface area contributed by atoms with Crippen LogP contribution in [0.4, 0.5) is 0 Å². The highest BCUT2D eigenvalue weighted by atomic mass is 79.9. The molecule has 2 atom stereocenters. The summed E-state index contributed by atoms with van der Waals surface area (Å²) in [6.45, 7) is 0. The molecule has 0 heterocycles. The molecule has 0 spiro atoms. The minimum Gasteiger partial charge on any atom is -0.0839 e. The van der Waals surface area contributed by atoms with Gasteiger partial charge in [0.1, 0.15) is 0 Å².